The van der Waals surface area contributed by atoms with E-state index < -0.39 is 0 Å². The molecule has 126 valence electrons. The number of carbonyl (C=O) groups excluding carboxylic acids is 1. The van der Waals surface area contributed by atoms with Gasteiger partial charge in [-0.05, 0) is 24.3 Å². The average molecular weight is 335 g/mol. The van der Waals surface area contributed by atoms with Crippen LogP contribution in [0, 0.1) is 5.82 Å². The minimum absolute atomic E-state index is 0.131. The van der Waals surface area contributed by atoms with E-state index in [1.54, 1.807) is 12.1 Å². The van der Waals surface area contributed by atoms with Gasteiger partial charge in [0.25, 0.3) is 5.91 Å². The van der Waals surface area contributed by atoms with Crippen molar-refractivity contribution in [2.45, 2.75) is 12.6 Å². The quantitative estimate of drug-likeness (QED) is 0.713. The summed E-state index contributed by atoms with van der Waals surface area (Å²) < 4.78 is 13.0. The van der Waals surface area contributed by atoms with Gasteiger partial charge in [0.2, 0.25) is 0 Å². The second-order valence-electron chi connectivity index (χ2n) is 5.81. The number of halogens is 1. The highest BCUT2D eigenvalue weighted by Gasteiger charge is 2.24. The standard InChI is InChI=1S/C21H19FN2O/c22-18-11-13-19(14-12-18)24-21(25)20(17-9-5-2-6-10-17)23-15-16-7-3-1-4-8-16/h1-14,20,23H,15H2,(H,24,25)/p+1/t20-/m0/s1. The first kappa shape index (κ1) is 16.9. The largest absolute Gasteiger partial charge is 0.328 e. The van der Waals surface area contributed by atoms with E-state index in [9.17, 15) is 9.18 Å². The highest BCUT2D eigenvalue weighted by Crippen LogP contribution is 2.14. The molecule has 3 N–H and O–H groups in total. The van der Waals surface area contributed by atoms with Gasteiger partial charge in [-0.1, -0.05) is 60.7 Å². The molecule has 1 atom stereocenters. The predicted octanol–water partition coefficient (Wildman–Crippen LogP) is 3.27. The molecule has 0 aliphatic heterocycles. The number of hydrogen-bond donors (Lipinski definition) is 2. The molecule has 0 spiro atoms. The number of amides is 1. The van der Waals surface area contributed by atoms with Crippen molar-refractivity contribution in [2.24, 2.45) is 0 Å². The molecular formula is C21H20FN2O+. The molecule has 0 aromatic heterocycles. The fourth-order valence-electron chi connectivity index (χ4n) is 2.68. The molecule has 3 rings (SSSR count). The van der Waals surface area contributed by atoms with Crippen LogP contribution in [0.25, 0.3) is 0 Å². The Morgan fingerprint density at radius 3 is 2.12 bits per heavy atom. The molecule has 0 heterocycles. The Morgan fingerprint density at radius 2 is 1.48 bits per heavy atom. The van der Waals surface area contributed by atoms with Crippen molar-refractivity contribution in [3.63, 3.8) is 0 Å². The smallest absolute Gasteiger partial charge is 0.287 e. The Hall–Kier alpha value is -2.98. The lowest BCUT2D eigenvalue weighted by atomic mass is 10.1. The monoisotopic (exact) mass is 335 g/mol. The number of hydrogen-bond acceptors (Lipinski definition) is 1. The van der Waals surface area contributed by atoms with Gasteiger partial charge in [-0.15, -0.1) is 0 Å². The van der Waals surface area contributed by atoms with Crippen molar-refractivity contribution < 1.29 is 14.5 Å². The molecule has 0 bridgehead atoms. The summed E-state index contributed by atoms with van der Waals surface area (Å²) in [6.07, 6.45) is 0. The van der Waals surface area contributed by atoms with E-state index in [4.69, 9.17) is 0 Å². The highest BCUT2D eigenvalue weighted by atomic mass is 19.1. The van der Waals surface area contributed by atoms with Crippen LogP contribution in [0.4, 0.5) is 10.1 Å². The number of nitrogens with one attached hydrogen (secondary N) is 1. The fraction of sp³-hybridized carbons (Fsp3) is 0.0952. The Labute approximate surface area is 146 Å². The topological polar surface area (TPSA) is 45.7 Å². The van der Waals surface area contributed by atoms with Crippen LogP contribution in [-0.4, -0.2) is 5.91 Å². The van der Waals surface area contributed by atoms with Crippen LogP contribution in [0.2, 0.25) is 0 Å². The maximum Gasteiger partial charge on any atom is 0.287 e. The van der Waals surface area contributed by atoms with Gasteiger partial charge in [0.15, 0.2) is 6.04 Å². The van der Waals surface area contributed by atoms with Gasteiger partial charge < -0.3 is 10.6 Å². The minimum atomic E-state index is -0.383. The zero-order chi connectivity index (χ0) is 17.5. The Balaban J connectivity index is 1.75. The molecule has 3 aromatic rings. The molecule has 1 amide bonds. The van der Waals surface area contributed by atoms with Crippen LogP contribution >= 0.6 is 0 Å². The zero-order valence-electron chi connectivity index (χ0n) is 13.7. The summed E-state index contributed by atoms with van der Waals surface area (Å²) in [6, 6.07) is 25.1. The summed E-state index contributed by atoms with van der Waals surface area (Å²) in [4.78, 5) is 12.8. The minimum Gasteiger partial charge on any atom is -0.328 e. The Kier molecular flexibility index (Phi) is 5.54. The lowest BCUT2D eigenvalue weighted by molar-refractivity contribution is -0.697. The van der Waals surface area contributed by atoms with Gasteiger partial charge >= 0.3 is 0 Å². The van der Waals surface area contributed by atoms with Crippen molar-refractivity contribution in [3.8, 4) is 0 Å². The third-order valence-electron chi connectivity index (χ3n) is 3.98. The summed E-state index contributed by atoms with van der Waals surface area (Å²) in [5.41, 5.74) is 2.66. The SMILES string of the molecule is O=C(Nc1ccc(F)cc1)[C@@H]([NH2+]Cc1ccccc1)c1ccccc1. The number of nitrogens with two attached hydrogens (primary N) is 1. The second kappa shape index (κ2) is 8.22. The van der Waals surface area contributed by atoms with Crippen LogP contribution < -0.4 is 10.6 Å². The summed E-state index contributed by atoms with van der Waals surface area (Å²) in [6.45, 7) is 0.692. The molecular weight excluding hydrogens is 315 g/mol. The van der Waals surface area contributed by atoms with Crippen LogP contribution in [0.15, 0.2) is 84.9 Å². The molecule has 0 saturated carbocycles. The van der Waals surface area contributed by atoms with Crippen LogP contribution in [0.1, 0.15) is 17.2 Å². The molecule has 25 heavy (non-hydrogen) atoms. The molecule has 0 aliphatic carbocycles. The second-order valence-corrected chi connectivity index (χ2v) is 5.81. The van der Waals surface area contributed by atoms with Crippen molar-refractivity contribution in [1.29, 1.82) is 0 Å². The normalized spacial score (nSPS) is 11.7. The van der Waals surface area contributed by atoms with E-state index in [1.165, 1.54) is 12.1 Å². The summed E-state index contributed by atoms with van der Waals surface area (Å²) >= 11 is 0. The molecule has 0 fully saturated rings. The number of rotatable bonds is 6. The predicted molar refractivity (Wildman–Crippen MR) is 96.3 cm³/mol. The maximum atomic E-state index is 13.0. The van der Waals surface area contributed by atoms with Crippen molar-refractivity contribution in [2.75, 3.05) is 5.32 Å². The van der Waals surface area contributed by atoms with Gasteiger partial charge in [-0.2, -0.15) is 0 Å². The Bertz CT molecular complexity index is 804. The maximum absolute atomic E-state index is 13.0. The highest BCUT2D eigenvalue weighted by molar-refractivity contribution is 5.94. The summed E-state index contributed by atoms with van der Waals surface area (Å²) in [7, 11) is 0. The van der Waals surface area contributed by atoms with Crippen LogP contribution in [0.3, 0.4) is 0 Å². The molecule has 0 unspecified atom stereocenters. The van der Waals surface area contributed by atoms with Crippen molar-refractivity contribution in [3.05, 3.63) is 102 Å². The van der Waals surface area contributed by atoms with Crippen molar-refractivity contribution >= 4 is 11.6 Å². The molecule has 3 aromatic carbocycles. The number of quaternary nitrogens is 1. The average Bonchev–Trinajstić information content (AvgIpc) is 2.65. The first-order chi connectivity index (χ1) is 12.2. The number of benzene rings is 3. The third-order valence-corrected chi connectivity index (χ3v) is 3.98. The van der Waals surface area contributed by atoms with Gasteiger partial charge in [0.1, 0.15) is 12.4 Å². The third kappa shape index (κ3) is 4.75. The van der Waals surface area contributed by atoms with Gasteiger partial charge in [-0.25, -0.2) is 4.39 Å². The zero-order valence-corrected chi connectivity index (χ0v) is 13.7. The van der Waals surface area contributed by atoms with E-state index >= 15 is 0 Å². The number of anilines is 1. The molecule has 0 radical (unpaired) electrons. The van der Waals surface area contributed by atoms with E-state index in [0.717, 1.165) is 11.1 Å². The van der Waals surface area contributed by atoms with Crippen LogP contribution in [0.5, 0.6) is 0 Å². The lowest BCUT2D eigenvalue weighted by Crippen LogP contribution is -2.85. The molecule has 3 nitrogen and oxygen atoms in total. The molecule has 4 heteroatoms. The van der Waals surface area contributed by atoms with Gasteiger partial charge in [-0.3, -0.25) is 4.79 Å². The number of carbonyl (C=O) groups is 1. The molecule has 0 aliphatic rings. The van der Waals surface area contributed by atoms with Gasteiger partial charge in [0, 0.05) is 16.8 Å². The van der Waals surface area contributed by atoms with E-state index in [0.29, 0.717) is 12.2 Å². The molecule has 0 saturated heterocycles. The van der Waals surface area contributed by atoms with E-state index in [2.05, 4.69) is 5.32 Å². The fourth-order valence-corrected chi connectivity index (χ4v) is 2.68. The first-order valence-corrected chi connectivity index (χ1v) is 8.21. The van der Waals surface area contributed by atoms with E-state index in [-0.39, 0.29) is 17.8 Å². The van der Waals surface area contributed by atoms with E-state index in [1.807, 2.05) is 66.0 Å². The lowest BCUT2D eigenvalue weighted by Gasteiger charge is -2.16. The van der Waals surface area contributed by atoms with Gasteiger partial charge in [0.05, 0.1) is 0 Å². The summed E-state index contributed by atoms with van der Waals surface area (Å²) in [5, 5.41) is 4.87. The first-order valence-electron chi connectivity index (χ1n) is 8.21. The summed E-state index contributed by atoms with van der Waals surface area (Å²) in [5.74, 6) is -0.456. The van der Waals surface area contributed by atoms with Crippen molar-refractivity contribution in [1.82, 2.24) is 0 Å². The Morgan fingerprint density at radius 1 is 0.880 bits per heavy atom. The van der Waals surface area contributed by atoms with Crippen LogP contribution in [-0.2, 0) is 11.3 Å².